The topological polar surface area (TPSA) is 69.6 Å². The Hall–Kier alpha value is -2.63. The van der Waals surface area contributed by atoms with Crippen molar-refractivity contribution in [3.05, 3.63) is 47.2 Å². The first kappa shape index (κ1) is 16.8. The number of rotatable bonds is 4. The van der Waals surface area contributed by atoms with Crippen LogP contribution in [-0.2, 0) is 24.2 Å². The average molecular weight is 352 g/mol. The first-order chi connectivity index (χ1) is 12.7. The van der Waals surface area contributed by atoms with E-state index in [1.807, 2.05) is 11.0 Å². The second kappa shape index (κ2) is 6.94. The molecular formula is C20H24N4O2. The van der Waals surface area contributed by atoms with E-state index in [0.29, 0.717) is 12.4 Å². The van der Waals surface area contributed by atoms with Crippen LogP contribution in [0, 0.1) is 0 Å². The summed E-state index contributed by atoms with van der Waals surface area (Å²) in [7, 11) is 0. The molecule has 26 heavy (non-hydrogen) atoms. The molecule has 1 unspecified atom stereocenters. The number of aryl methyl sites for hydroxylation is 1. The molecule has 0 amide bonds. The number of nitrogens with zero attached hydrogens (tertiary/aromatic N) is 4. The van der Waals surface area contributed by atoms with Gasteiger partial charge in [-0.1, -0.05) is 31.2 Å². The Balaban J connectivity index is 1.66. The molecule has 4 rings (SSSR count). The Morgan fingerprint density at radius 3 is 2.81 bits per heavy atom. The molecule has 6 nitrogen and oxygen atoms in total. The molecule has 1 saturated heterocycles. The van der Waals surface area contributed by atoms with Gasteiger partial charge in [0.1, 0.15) is 11.9 Å². The maximum atomic E-state index is 11.6. The van der Waals surface area contributed by atoms with Crippen molar-refractivity contribution in [2.24, 2.45) is 0 Å². The lowest BCUT2D eigenvalue weighted by molar-refractivity contribution is -0.138. The highest BCUT2D eigenvalue weighted by atomic mass is 16.4. The van der Waals surface area contributed by atoms with Crippen LogP contribution >= 0.6 is 0 Å². The van der Waals surface area contributed by atoms with Gasteiger partial charge in [-0.15, -0.1) is 0 Å². The van der Waals surface area contributed by atoms with Crippen LogP contribution in [0.4, 0.5) is 11.8 Å². The second-order valence-corrected chi connectivity index (χ2v) is 7.00. The van der Waals surface area contributed by atoms with E-state index < -0.39 is 12.0 Å². The zero-order valence-electron chi connectivity index (χ0n) is 15.1. The lowest BCUT2D eigenvalue weighted by Gasteiger charge is -2.30. The maximum absolute atomic E-state index is 11.6. The molecule has 1 aromatic heterocycles. The average Bonchev–Trinajstić information content (AvgIpc) is 3.17. The molecule has 1 atom stereocenters. The molecule has 0 radical (unpaired) electrons. The highest BCUT2D eigenvalue weighted by Crippen LogP contribution is 2.28. The minimum Gasteiger partial charge on any atom is -0.480 e. The molecule has 0 aliphatic carbocycles. The van der Waals surface area contributed by atoms with Crippen molar-refractivity contribution in [3.63, 3.8) is 0 Å². The fourth-order valence-electron chi connectivity index (χ4n) is 3.90. The first-order valence-corrected chi connectivity index (χ1v) is 9.35. The Morgan fingerprint density at radius 1 is 1.23 bits per heavy atom. The van der Waals surface area contributed by atoms with Crippen LogP contribution in [0.5, 0.6) is 0 Å². The third kappa shape index (κ3) is 3.11. The molecule has 6 heteroatoms. The monoisotopic (exact) mass is 352 g/mol. The predicted molar refractivity (Wildman–Crippen MR) is 101 cm³/mol. The number of benzene rings is 1. The predicted octanol–water partition coefficient (Wildman–Crippen LogP) is 2.66. The van der Waals surface area contributed by atoms with Gasteiger partial charge in [0.2, 0.25) is 5.95 Å². The van der Waals surface area contributed by atoms with E-state index in [9.17, 15) is 9.90 Å². The summed E-state index contributed by atoms with van der Waals surface area (Å²) in [5.74, 6) is 0.688. The molecule has 1 fully saturated rings. The molecule has 0 saturated carbocycles. The van der Waals surface area contributed by atoms with Gasteiger partial charge >= 0.3 is 5.97 Å². The molecule has 3 heterocycles. The summed E-state index contributed by atoms with van der Waals surface area (Å²) in [5.41, 5.74) is 3.66. The van der Waals surface area contributed by atoms with Crippen molar-refractivity contribution in [1.29, 1.82) is 0 Å². The number of anilines is 2. The largest absolute Gasteiger partial charge is 0.480 e. The number of carbonyl (C=O) groups is 1. The normalized spacial score (nSPS) is 19.5. The molecule has 1 aromatic carbocycles. The van der Waals surface area contributed by atoms with Gasteiger partial charge in [-0.05, 0) is 36.8 Å². The van der Waals surface area contributed by atoms with E-state index >= 15 is 0 Å². The molecule has 2 aliphatic rings. The molecule has 0 bridgehead atoms. The lowest BCUT2D eigenvalue weighted by atomic mass is 10.0. The quantitative estimate of drug-likeness (QED) is 0.912. The van der Waals surface area contributed by atoms with E-state index in [-0.39, 0.29) is 0 Å². The second-order valence-electron chi connectivity index (χ2n) is 7.00. The van der Waals surface area contributed by atoms with E-state index in [2.05, 4.69) is 36.1 Å². The third-order valence-corrected chi connectivity index (χ3v) is 5.36. The SMILES string of the molecule is CCc1cc(N2CCCC2C(=O)O)nc(N2CCc3ccccc3C2)n1. The number of carboxylic acid groups (broad SMARTS) is 1. The fraction of sp³-hybridized carbons (Fsp3) is 0.450. The smallest absolute Gasteiger partial charge is 0.326 e. The van der Waals surface area contributed by atoms with E-state index in [1.165, 1.54) is 11.1 Å². The molecule has 2 aromatic rings. The van der Waals surface area contributed by atoms with Crippen LogP contribution < -0.4 is 9.80 Å². The van der Waals surface area contributed by atoms with Gasteiger partial charge in [-0.2, -0.15) is 4.98 Å². The van der Waals surface area contributed by atoms with Gasteiger partial charge in [0.15, 0.2) is 0 Å². The summed E-state index contributed by atoms with van der Waals surface area (Å²) in [6.45, 7) is 4.48. The number of fused-ring (bicyclic) bond motifs is 1. The minimum absolute atomic E-state index is 0.482. The van der Waals surface area contributed by atoms with Gasteiger partial charge in [0, 0.05) is 31.4 Å². The summed E-state index contributed by atoms with van der Waals surface area (Å²) in [6.07, 6.45) is 3.34. The Kier molecular flexibility index (Phi) is 4.49. The standard InChI is InChI=1S/C20H24N4O2/c1-2-16-12-18(24-10-5-8-17(24)19(25)26)22-20(21-16)23-11-9-14-6-3-4-7-15(14)13-23/h3-4,6-7,12,17H,2,5,8-11,13H2,1H3,(H,25,26). The number of carboxylic acids is 1. The summed E-state index contributed by atoms with van der Waals surface area (Å²) in [5, 5.41) is 9.50. The molecule has 136 valence electrons. The number of aliphatic carboxylic acids is 1. The molecule has 0 spiro atoms. The van der Waals surface area contributed by atoms with Crippen LogP contribution in [0.25, 0.3) is 0 Å². The van der Waals surface area contributed by atoms with E-state index in [4.69, 9.17) is 9.97 Å². The van der Waals surface area contributed by atoms with Crippen molar-refractivity contribution in [2.45, 2.75) is 45.2 Å². The lowest BCUT2D eigenvalue weighted by Crippen LogP contribution is -2.37. The number of aromatic nitrogens is 2. The summed E-state index contributed by atoms with van der Waals surface area (Å²) in [6, 6.07) is 9.96. The Bertz CT molecular complexity index is 823. The van der Waals surface area contributed by atoms with E-state index in [0.717, 1.165) is 50.4 Å². The summed E-state index contributed by atoms with van der Waals surface area (Å²) >= 11 is 0. The maximum Gasteiger partial charge on any atom is 0.326 e. The molecular weight excluding hydrogens is 328 g/mol. The van der Waals surface area contributed by atoms with Crippen molar-refractivity contribution in [1.82, 2.24) is 9.97 Å². The minimum atomic E-state index is -0.771. The zero-order valence-corrected chi connectivity index (χ0v) is 15.1. The van der Waals surface area contributed by atoms with Crippen LogP contribution in [0.2, 0.25) is 0 Å². The third-order valence-electron chi connectivity index (χ3n) is 5.36. The molecule has 1 N–H and O–H groups in total. The van der Waals surface area contributed by atoms with Crippen molar-refractivity contribution in [2.75, 3.05) is 22.9 Å². The number of hydrogen-bond acceptors (Lipinski definition) is 5. The first-order valence-electron chi connectivity index (χ1n) is 9.35. The van der Waals surface area contributed by atoms with Crippen molar-refractivity contribution < 1.29 is 9.90 Å². The van der Waals surface area contributed by atoms with Gasteiger partial charge < -0.3 is 14.9 Å². The highest BCUT2D eigenvalue weighted by molar-refractivity contribution is 5.78. The van der Waals surface area contributed by atoms with E-state index in [1.54, 1.807) is 0 Å². The Labute approximate surface area is 153 Å². The number of hydrogen-bond donors (Lipinski definition) is 1. The summed E-state index contributed by atoms with van der Waals surface area (Å²) in [4.78, 5) is 25.2. The van der Waals surface area contributed by atoms with Gasteiger partial charge in [-0.25, -0.2) is 9.78 Å². The van der Waals surface area contributed by atoms with Crippen LogP contribution in [0.3, 0.4) is 0 Å². The van der Waals surface area contributed by atoms with Crippen molar-refractivity contribution >= 4 is 17.7 Å². The van der Waals surface area contributed by atoms with Gasteiger partial charge in [0.25, 0.3) is 0 Å². The fourth-order valence-corrected chi connectivity index (χ4v) is 3.90. The van der Waals surface area contributed by atoms with Crippen LogP contribution in [0.15, 0.2) is 30.3 Å². The van der Waals surface area contributed by atoms with Gasteiger partial charge in [0.05, 0.1) is 0 Å². The highest BCUT2D eigenvalue weighted by Gasteiger charge is 2.32. The Morgan fingerprint density at radius 2 is 2.04 bits per heavy atom. The van der Waals surface area contributed by atoms with Crippen molar-refractivity contribution in [3.8, 4) is 0 Å². The summed E-state index contributed by atoms with van der Waals surface area (Å²) < 4.78 is 0. The van der Waals surface area contributed by atoms with Gasteiger partial charge in [-0.3, -0.25) is 0 Å². The van der Waals surface area contributed by atoms with Crippen LogP contribution in [0.1, 0.15) is 36.6 Å². The van der Waals surface area contributed by atoms with Crippen LogP contribution in [-0.4, -0.2) is 40.2 Å². The zero-order chi connectivity index (χ0) is 18.1. The molecule has 2 aliphatic heterocycles.